The van der Waals surface area contributed by atoms with Crippen LogP contribution in [0.4, 0.5) is 5.69 Å². The van der Waals surface area contributed by atoms with Crippen LogP contribution in [-0.2, 0) is 4.79 Å². The molecule has 1 aliphatic rings. The monoisotopic (exact) mass is 344 g/mol. The standard InChI is InChI=1S/C19H21ClN2O2/c1-13-12-14(10-11-21-13)19(23)22-16-7-3-5-9-18(16)24-17-8-4-2-6-15(17)20/h2-9,13-14,21H,10-12H2,1H3,(H,22,23)/t13-,14-/m0/s1. The number of carbonyl (C=O) groups excluding carboxylic acids is 1. The largest absolute Gasteiger partial charge is 0.454 e. The number of amides is 1. The molecule has 1 heterocycles. The van der Waals surface area contributed by atoms with E-state index in [-0.39, 0.29) is 11.8 Å². The number of piperidine rings is 1. The van der Waals surface area contributed by atoms with Gasteiger partial charge in [0.15, 0.2) is 5.75 Å². The molecule has 2 aromatic carbocycles. The fourth-order valence-corrected chi connectivity index (χ4v) is 3.08. The lowest BCUT2D eigenvalue weighted by atomic mass is 9.92. The molecule has 1 amide bonds. The van der Waals surface area contributed by atoms with Crippen LogP contribution in [0.15, 0.2) is 48.5 Å². The van der Waals surface area contributed by atoms with Crippen molar-refractivity contribution in [3.8, 4) is 11.5 Å². The van der Waals surface area contributed by atoms with Crippen molar-refractivity contribution < 1.29 is 9.53 Å². The number of carbonyl (C=O) groups is 1. The zero-order chi connectivity index (χ0) is 16.9. The minimum atomic E-state index is 0.0228. The molecule has 3 rings (SSSR count). The van der Waals surface area contributed by atoms with Crippen LogP contribution in [-0.4, -0.2) is 18.5 Å². The highest BCUT2D eigenvalue weighted by atomic mass is 35.5. The summed E-state index contributed by atoms with van der Waals surface area (Å²) >= 11 is 6.15. The summed E-state index contributed by atoms with van der Waals surface area (Å²) < 4.78 is 5.89. The number of anilines is 1. The molecule has 24 heavy (non-hydrogen) atoms. The Morgan fingerprint density at radius 1 is 1.17 bits per heavy atom. The number of halogens is 1. The molecular formula is C19H21ClN2O2. The predicted octanol–water partition coefficient (Wildman–Crippen LogP) is 4.46. The molecule has 2 atom stereocenters. The number of rotatable bonds is 4. The molecule has 0 spiro atoms. The van der Waals surface area contributed by atoms with Crippen LogP contribution in [0, 0.1) is 5.92 Å². The molecule has 1 saturated heterocycles. The maximum atomic E-state index is 12.6. The van der Waals surface area contributed by atoms with Crippen LogP contribution in [0.25, 0.3) is 0 Å². The van der Waals surface area contributed by atoms with Crippen molar-refractivity contribution in [3.63, 3.8) is 0 Å². The lowest BCUT2D eigenvalue weighted by Gasteiger charge is -2.27. The van der Waals surface area contributed by atoms with Crippen LogP contribution in [0.3, 0.4) is 0 Å². The summed E-state index contributed by atoms with van der Waals surface area (Å²) in [6.07, 6.45) is 1.70. The van der Waals surface area contributed by atoms with Crippen molar-refractivity contribution in [2.75, 3.05) is 11.9 Å². The Morgan fingerprint density at radius 2 is 1.88 bits per heavy atom. The van der Waals surface area contributed by atoms with Gasteiger partial charge < -0.3 is 15.4 Å². The molecule has 2 aromatic rings. The molecule has 0 aromatic heterocycles. The summed E-state index contributed by atoms with van der Waals surface area (Å²) in [5, 5.41) is 6.90. The van der Waals surface area contributed by atoms with Crippen molar-refractivity contribution in [2.45, 2.75) is 25.8 Å². The molecule has 1 fully saturated rings. The molecule has 5 heteroatoms. The molecule has 4 nitrogen and oxygen atoms in total. The van der Waals surface area contributed by atoms with Gasteiger partial charge in [0.2, 0.25) is 5.91 Å². The highest BCUT2D eigenvalue weighted by Crippen LogP contribution is 2.33. The first kappa shape index (κ1) is 16.8. The summed E-state index contributed by atoms with van der Waals surface area (Å²) in [5.74, 6) is 1.21. The quantitative estimate of drug-likeness (QED) is 0.861. The highest BCUT2D eigenvalue weighted by molar-refractivity contribution is 6.32. The van der Waals surface area contributed by atoms with E-state index in [1.165, 1.54) is 0 Å². The number of hydrogen-bond donors (Lipinski definition) is 2. The summed E-state index contributed by atoms with van der Waals surface area (Å²) in [5.41, 5.74) is 0.661. The molecule has 0 unspecified atom stereocenters. The maximum Gasteiger partial charge on any atom is 0.227 e. The third kappa shape index (κ3) is 4.08. The van der Waals surface area contributed by atoms with Gasteiger partial charge in [0.1, 0.15) is 5.75 Å². The molecule has 1 aliphatic heterocycles. The lowest BCUT2D eigenvalue weighted by Crippen LogP contribution is -2.40. The molecule has 0 bridgehead atoms. The van der Waals surface area contributed by atoms with Gasteiger partial charge in [0, 0.05) is 12.0 Å². The van der Waals surface area contributed by atoms with Gasteiger partial charge in [-0.15, -0.1) is 0 Å². The summed E-state index contributed by atoms with van der Waals surface area (Å²) in [6, 6.07) is 15.1. The average Bonchev–Trinajstić information content (AvgIpc) is 2.58. The van der Waals surface area contributed by atoms with Crippen LogP contribution < -0.4 is 15.4 Å². The number of para-hydroxylation sites is 3. The first-order valence-corrected chi connectivity index (χ1v) is 8.57. The van der Waals surface area contributed by atoms with Crippen LogP contribution in [0.1, 0.15) is 19.8 Å². The van der Waals surface area contributed by atoms with Crippen molar-refractivity contribution >= 4 is 23.2 Å². The van der Waals surface area contributed by atoms with E-state index in [4.69, 9.17) is 16.3 Å². The van der Waals surface area contributed by atoms with Gasteiger partial charge in [-0.05, 0) is 50.6 Å². The second-order valence-corrected chi connectivity index (χ2v) is 6.50. The van der Waals surface area contributed by atoms with E-state index >= 15 is 0 Å². The molecule has 0 saturated carbocycles. The van der Waals surface area contributed by atoms with Gasteiger partial charge in [0.05, 0.1) is 10.7 Å². The third-order valence-electron chi connectivity index (χ3n) is 4.20. The normalized spacial score (nSPS) is 20.4. The van der Waals surface area contributed by atoms with Gasteiger partial charge >= 0.3 is 0 Å². The van der Waals surface area contributed by atoms with E-state index in [0.717, 1.165) is 19.4 Å². The predicted molar refractivity (Wildman–Crippen MR) is 96.8 cm³/mol. The van der Waals surface area contributed by atoms with Gasteiger partial charge in [-0.25, -0.2) is 0 Å². The second kappa shape index (κ2) is 7.69. The Bertz CT molecular complexity index is 720. The minimum absolute atomic E-state index is 0.0228. The summed E-state index contributed by atoms with van der Waals surface area (Å²) in [7, 11) is 0. The van der Waals surface area contributed by atoms with Crippen LogP contribution in [0.2, 0.25) is 5.02 Å². The van der Waals surface area contributed by atoms with Gasteiger partial charge in [-0.3, -0.25) is 4.79 Å². The van der Waals surface area contributed by atoms with Gasteiger partial charge in [0.25, 0.3) is 0 Å². The number of nitrogens with one attached hydrogen (secondary N) is 2. The van der Waals surface area contributed by atoms with Crippen molar-refractivity contribution in [1.82, 2.24) is 5.32 Å². The molecule has 126 valence electrons. The van der Waals surface area contributed by atoms with Gasteiger partial charge in [-0.1, -0.05) is 35.9 Å². The van der Waals surface area contributed by atoms with E-state index < -0.39 is 0 Å². The molecule has 0 aliphatic carbocycles. The number of benzene rings is 2. The Kier molecular flexibility index (Phi) is 5.38. The van der Waals surface area contributed by atoms with E-state index in [1.807, 2.05) is 36.4 Å². The molecule has 2 N–H and O–H groups in total. The molecular weight excluding hydrogens is 324 g/mol. The third-order valence-corrected chi connectivity index (χ3v) is 4.51. The lowest BCUT2D eigenvalue weighted by molar-refractivity contribution is -0.120. The van der Waals surface area contributed by atoms with E-state index in [1.54, 1.807) is 12.1 Å². The van der Waals surface area contributed by atoms with E-state index in [9.17, 15) is 4.79 Å². The first-order valence-electron chi connectivity index (χ1n) is 8.19. The first-order chi connectivity index (χ1) is 11.6. The second-order valence-electron chi connectivity index (χ2n) is 6.09. The zero-order valence-electron chi connectivity index (χ0n) is 13.6. The van der Waals surface area contributed by atoms with Crippen LogP contribution >= 0.6 is 11.6 Å². The summed E-state index contributed by atoms with van der Waals surface area (Å²) in [6.45, 7) is 2.98. The number of hydrogen-bond acceptors (Lipinski definition) is 3. The number of ether oxygens (including phenoxy) is 1. The zero-order valence-corrected chi connectivity index (χ0v) is 14.3. The van der Waals surface area contributed by atoms with Crippen molar-refractivity contribution in [3.05, 3.63) is 53.6 Å². The fourth-order valence-electron chi connectivity index (χ4n) is 2.91. The SMILES string of the molecule is C[C@H]1C[C@@H](C(=O)Nc2ccccc2Oc2ccccc2Cl)CCN1. The Balaban J connectivity index is 1.74. The summed E-state index contributed by atoms with van der Waals surface area (Å²) in [4.78, 5) is 12.6. The van der Waals surface area contributed by atoms with Crippen LogP contribution in [0.5, 0.6) is 11.5 Å². The Hall–Kier alpha value is -2.04. The maximum absolute atomic E-state index is 12.6. The topological polar surface area (TPSA) is 50.4 Å². The Labute approximate surface area is 147 Å². The van der Waals surface area contributed by atoms with Crippen molar-refractivity contribution in [1.29, 1.82) is 0 Å². The van der Waals surface area contributed by atoms with E-state index in [0.29, 0.717) is 28.3 Å². The molecule has 0 radical (unpaired) electrons. The fraction of sp³-hybridized carbons (Fsp3) is 0.316. The highest BCUT2D eigenvalue weighted by Gasteiger charge is 2.25. The smallest absolute Gasteiger partial charge is 0.227 e. The van der Waals surface area contributed by atoms with Gasteiger partial charge in [-0.2, -0.15) is 0 Å². The van der Waals surface area contributed by atoms with E-state index in [2.05, 4.69) is 17.6 Å². The minimum Gasteiger partial charge on any atom is -0.454 e. The Morgan fingerprint density at radius 3 is 2.62 bits per heavy atom. The van der Waals surface area contributed by atoms with Crippen molar-refractivity contribution in [2.24, 2.45) is 5.92 Å². The average molecular weight is 345 g/mol.